The molecule has 1 aromatic heterocycles. The minimum absolute atomic E-state index is 0.00320. The zero-order valence-corrected chi connectivity index (χ0v) is 17.1. The van der Waals surface area contributed by atoms with Crippen molar-refractivity contribution in [1.29, 1.82) is 0 Å². The van der Waals surface area contributed by atoms with E-state index in [1.807, 2.05) is 6.92 Å². The Morgan fingerprint density at radius 1 is 1.14 bits per heavy atom. The normalized spacial score (nSPS) is 15.2. The second-order valence-corrected chi connectivity index (χ2v) is 7.03. The Kier molecular flexibility index (Phi) is 5.97. The number of benzene rings is 1. The van der Waals surface area contributed by atoms with Crippen LogP contribution in [0.3, 0.4) is 0 Å². The summed E-state index contributed by atoms with van der Waals surface area (Å²) in [5, 5.41) is -0.429. The number of rotatable bonds is 6. The molecule has 3 rings (SSSR count). The number of nitrogens with zero attached hydrogens (tertiary/aromatic N) is 1. The molecule has 1 aliphatic heterocycles. The van der Waals surface area contributed by atoms with Crippen molar-refractivity contribution in [1.82, 2.24) is 4.90 Å². The summed E-state index contributed by atoms with van der Waals surface area (Å²) in [6.45, 7) is 1.76. The first kappa shape index (κ1) is 20.5. The largest absolute Gasteiger partial charge is 0.496 e. The van der Waals surface area contributed by atoms with Crippen LogP contribution in [0, 0.1) is 6.92 Å². The number of imide groups is 1. The molecule has 0 aliphatic carbocycles. The second kappa shape index (κ2) is 8.44. The van der Waals surface area contributed by atoms with Gasteiger partial charge >= 0.3 is 5.97 Å². The smallest absolute Gasteiger partial charge is 0.373 e. The van der Waals surface area contributed by atoms with Crippen LogP contribution in [-0.2, 0) is 16.1 Å². The first-order valence-electron chi connectivity index (χ1n) is 8.53. The lowest BCUT2D eigenvalue weighted by molar-refractivity contribution is -0.123. The Morgan fingerprint density at radius 3 is 2.55 bits per heavy atom. The fourth-order valence-corrected chi connectivity index (χ4v) is 3.74. The maximum absolute atomic E-state index is 12.7. The van der Waals surface area contributed by atoms with Crippen LogP contribution in [0.5, 0.6) is 11.5 Å². The lowest BCUT2D eigenvalue weighted by atomic mass is 10.1. The van der Waals surface area contributed by atoms with E-state index in [1.54, 1.807) is 25.3 Å². The van der Waals surface area contributed by atoms with E-state index in [1.165, 1.54) is 26.4 Å². The van der Waals surface area contributed by atoms with Crippen molar-refractivity contribution in [3.05, 3.63) is 51.8 Å². The number of thioether (sulfide) groups is 1. The molecule has 152 valence electrons. The molecule has 0 atom stereocenters. The van der Waals surface area contributed by atoms with Gasteiger partial charge in [-0.2, -0.15) is 0 Å². The van der Waals surface area contributed by atoms with E-state index in [-0.39, 0.29) is 17.2 Å². The van der Waals surface area contributed by atoms with Gasteiger partial charge in [0.1, 0.15) is 17.3 Å². The maximum Gasteiger partial charge on any atom is 0.373 e. The molecule has 2 amide bonds. The van der Waals surface area contributed by atoms with Crippen LogP contribution in [0.15, 0.2) is 33.6 Å². The van der Waals surface area contributed by atoms with Crippen LogP contribution >= 0.6 is 11.8 Å². The van der Waals surface area contributed by atoms with Gasteiger partial charge in [0.25, 0.3) is 11.1 Å². The van der Waals surface area contributed by atoms with Crippen LogP contribution in [0.2, 0.25) is 0 Å². The van der Waals surface area contributed by atoms with Gasteiger partial charge in [0.2, 0.25) is 5.76 Å². The van der Waals surface area contributed by atoms with E-state index in [9.17, 15) is 14.4 Å². The molecule has 0 radical (unpaired) electrons. The van der Waals surface area contributed by atoms with Crippen molar-refractivity contribution in [2.75, 3.05) is 21.3 Å². The summed E-state index contributed by atoms with van der Waals surface area (Å²) in [7, 11) is 4.33. The minimum atomic E-state index is -0.632. The molecule has 0 saturated carbocycles. The van der Waals surface area contributed by atoms with Crippen LogP contribution < -0.4 is 9.47 Å². The van der Waals surface area contributed by atoms with Gasteiger partial charge in [0, 0.05) is 11.1 Å². The summed E-state index contributed by atoms with van der Waals surface area (Å²) < 4.78 is 20.7. The van der Waals surface area contributed by atoms with Gasteiger partial charge in [-0.1, -0.05) is 0 Å². The second-order valence-electron chi connectivity index (χ2n) is 6.04. The third kappa shape index (κ3) is 4.00. The highest BCUT2D eigenvalue weighted by Gasteiger charge is 2.36. The van der Waals surface area contributed by atoms with Crippen LogP contribution in [0.4, 0.5) is 4.79 Å². The van der Waals surface area contributed by atoms with Crippen LogP contribution in [0.25, 0.3) is 6.08 Å². The number of carbonyl (C=O) groups is 3. The van der Waals surface area contributed by atoms with Gasteiger partial charge in [-0.05, 0) is 49.0 Å². The molecule has 8 nitrogen and oxygen atoms in total. The van der Waals surface area contributed by atoms with Crippen molar-refractivity contribution in [3.63, 3.8) is 0 Å². The molecule has 1 aromatic carbocycles. The lowest BCUT2D eigenvalue weighted by Crippen LogP contribution is -2.27. The fraction of sp³-hybridized carbons (Fsp3) is 0.250. The first-order chi connectivity index (χ1) is 13.9. The predicted octanol–water partition coefficient (Wildman–Crippen LogP) is 3.63. The Morgan fingerprint density at radius 2 is 1.90 bits per heavy atom. The SMILES string of the molecule is COC(=O)c1ccc(CN2C(=O)S/C(=C/c3ccc(OC)c(C)c3OC)C2=O)o1. The number of methoxy groups -OCH3 is 3. The number of ether oxygens (including phenoxy) is 3. The van der Waals surface area contributed by atoms with Gasteiger partial charge < -0.3 is 18.6 Å². The number of carbonyl (C=O) groups excluding carboxylic acids is 3. The van der Waals surface area contributed by atoms with Crippen molar-refractivity contribution in [2.24, 2.45) is 0 Å². The minimum Gasteiger partial charge on any atom is -0.496 e. The van der Waals surface area contributed by atoms with E-state index in [0.717, 1.165) is 22.2 Å². The Bertz CT molecular complexity index is 1010. The van der Waals surface area contributed by atoms with Gasteiger partial charge in [-0.3, -0.25) is 14.5 Å². The molecule has 1 aliphatic rings. The average molecular weight is 417 g/mol. The predicted molar refractivity (Wildman–Crippen MR) is 106 cm³/mol. The standard InChI is InChI=1S/C20H19NO7S/c1-11-14(25-2)7-5-12(17(11)26-3)9-16-18(22)21(20(24)29-16)10-13-6-8-15(28-13)19(23)27-4/h5-9H,10H2,1-4H3/b16-9+. The van der Waals surface area contributed by atoms with Crippen LogP contribution in [-0.4, -0.2) is 43.3 Å². The molecule has 0 spiro atoms. The summed E-state index contributed by atoms with van der Waals surface area (Å²) in [6.07, 6.45) is 1.61. The zero-order valence-electron chi connectivity index (χ0n) is 16.3. The number of amides is 2. The van der Waals surface area contributed by atoms with Crippen molar-refractivity contribution in [2.45, 2.75) is 13.5 Å². The van der Waals surface area contributed by atoms with Gasteiger partial charge in [0.05, 0.1) is 32.8 Å². The summed E-state index contributed by atoms with van der Waals surface area (Å²) in [5.74, 6) is 0.435. The highest BCUT2D eigenvalue weighted by Crippen LogP contribution is 2.37. The van der Waals surface area contributed by atoms with Crippen molar-refractivity contribution in [3.8, 4) is 11.5 Å². The highest BCUT2D eigenvalue weighted by atomic mass is 32.2. The quantitative estimate of drug-likeness (QED) is 0.519. The maximum atomic E-state index is 12.7. The van der Waals surface area contributed by atoms with E-state index in [2.05, 4.69) is 4.74 Å². The summed E-state index contributed by atoms with van der Waals surface area (Å²) in [5.41, 5.74) is 1.44. The third-order valence-corrected chi connectivity index (χ3v) is 5.24. The van der Waals surface area contributed by atoms with Gasteiger partial charge in [0.15, 0.2) is 0 Å². The molecule has 1 saturated heterocycles. The monoisotopic (exact) mass is 417 g/mol. The van der Waals surface area contributed by atoms with Gasteiger partial charge in [-0.15, -0.1) is 0 Å². The molecule has 0 unspecified atom stereocenters. The Hall–Kier alpha value is -3.20. The first-order valence-corrected chi connectivity index (χ1v) is 9.35. The van der Waals surface area contributed by atoms with Crippen molar-refractivity contribution < 1.29 is 33.0 Å². The summed E-state index contributed by atoms with van der Waals surface area (Å²) in [6, 6.07) is 6.48. The van der Waals surface area contributed by atoms with E-state index in [0.29, 0.717) is 22.8 Å². The summed E-state index contributed by atoms with van der Waals surface area (Å²) in [4.78, 5) is 37.9. The Labute approximate surface area is 171 Å². The third-order valence-electron chi connectivity index (χ3n) is 4.33. The highest BCUT2D eigenvalue weighted by molar-refractivity contribution is 8.18. The summed E-state index contributed by atoms with van der Waals surface area (Å²) >= 11 is 0.827. The van der Waals surface area contributed by atoms with Crippen molar-refractivity contribution >= 4 is 35.0 Å². The molecular weight excluding hydrogens is 398 g/mol. The molecule has 2 heterocycles. The van der Waals surface area contributed by atoms with E-state index in [4.69, 9.17) is 13.9 Å². The molecule has 2 aromatic rings. The Balaban J connectivity index is 1.84. The molecule has 1 fully saturated rings. The number of hydrogen-bond donors (Lipinski definition) is 0. The zero-order chi connectivity index (χ0) is 21.1. The number of hydrogen-bond acceptors (Lipinski definition) is 8. The van der Waals surface area contributed by atoms with E-state index < -0.39 is 17.1 Å². The molecule has 29 heavy (non-hydrogen) atoms. The fourth-order valence-electron chi connectivity index (χ4n) is 2.91. The average Bonchev–Trinajstić information content (AvgIpc) is 3.28. The topological polar surface area (TPSA) is 95.3 Å². The number of furan rings is 1. The molecule has 9 heteroatoms. The van der Waals surface area contributed by atoms with Crippen LogP contribution in [0.1, 0.15) is 27.4 Å². The molecule has 0 bridgehead atoms. The number of esters is 1. The molecular formula is C20H19NO7S. The molecule has 0 N–H and O–H groups in total. The van der Waals surface area contributed by atoms with E-state index >= 15 is 0 Å². The lowest BCUT2D eigenvalue weighted by Gasteiger charge is -2.13. The van der Waals surface area contributed by atoms with Gasteiger partial charge in [-0.25, -0.2) is 4.79 Å².